The van der Waals surface area contributed by atoms with Crippen LogP contribution < -0.4 is 0 Å². The van der Waals surface area contributed by atoms with Crippen LogP contribution in [0.5, 0.6) is 0 Å². The monoisotopic (exact) mass is 202 g/mol. The van der Waals surface area contributed by atoms with Crippen LogP contribution in [0.15, 0.2) is 0 Å². The van der Waals surface area contributed by atoms with E-state index in [2.05, 4.69) is 0 Å². The first-order valence-electron chi connectivity index (χ1n) is 4.82. The molecule has 0 bridgehead atoms. The number of rotatable bonds is 2. The molecule has 0 aromatic heterocycles. The van der Waals surface area contributed by atoms with Gasteiger partial charge in [0.1, 0.15) is 5.41 Å². The first-order chi connectivity index (χ1) is 6.44. The van der Waals surface area contributed by atoms with Gasteiger partial charge in [0.2, 0.25) is 0 Å². The zero-order valence-electron chi connectivity index (χ0n) is 9.00. The van der Waals surface area contributed by atoms with E-state index in [4.69, 9.17) is 9.47 Å². The van der Waals surface area contributed by atoms with Gasteiger partial charge in [-0.25, -0.2) is 0 Å². The van der Waals surface area contributed by atoms with E-state index in [0.29, 0.717) is 13.0 Å². The molecule has 4 heteroatoms. The van der Waals surface area contributed by atoms with Crippen molar-refractivity contribution in [3.63, 3.8) is 0 Å². The third-order valence-electron chi connectivity index (χ3n) is 2.99. The van der Waals surface area contributed by atoms with E-state index in [1.54, 1.807) is 13.8 Å². The maximum Gasteiger partial charge on any atom is 0.317 e. The maximum atomic E-state index is 11.7. The smallest absolute Gasteiger partial charge is 0.317 e. The van der Waals surface area contributed by atoms with Gasteiger partial charge >= 0.3 is 5.97 Å². The summed E-state index contributed by atoms with van der Waals surface area (Å²) in [5, 5.41) is 10.0. The number of esters is 1. The van der Waals surface area contributed by atoms with Crippen molar-refractivity contribution in [1.82, 2.24) is 0 Å². The highest BCUT2D eigenvalue weighted by molar-refractivity contribution is 5.78. The average Bonchev–Trinajstić information content (AvgIpc) is 2.16. The van der Waals surface area contributed by atoms with Crippen LogP contribution in [0.25, 0.3) is 0 Å². The molecule has 1 aliphatic rings. The topological polar surface area (TPSA) is 55.8 Å². The molecule has 0 saturated carbocycles. The Morgan fingerprint density at radius 2 is 2.21 bits per heavy atom. The molecule has 0 radical (unpaired) electrons. The van der Waals surface area contributed by atoms with Gasteiger partial charge in [-0.3, -0.25) is 4.79 Å². The quantitative estimate of drug-likeness (QED) is 0.671. The number of carbonyl (C=O) groups is 1. The highest BCUT2D eigenvalue weighted by Crippen LogP contribution is 2.40. The SMILES string of the molecule is COC(=O)C1(C(C)(C)O)CCCOC1. The molecule has 1 atom stereocenters. The number of hydrogen-bond donors (Lipinski definition) is 1. The van der Waals surface area contributed by atoms with Gasteiger partial charge in [0.15, 0.2) is 0 Å². The van der Waals surface area contributed by atoms with E-state index in [0.717, 1.165) is 6.42 Å². The lowest BCUT2D eigenvalue weighted by atomic mass is 9.70. The van der Waals surface area contributed by atoms with Gasteiger partial charge in [-0.2, -0.15) is 0 Å². The Morgan fingerprint density at radius 3 is 2.57 bits per heavy atom. The summed E-state index contributed by atoms with van der Waals surface area (Å²) in [6.45, 7) is 4.13. The predicted molar refractivity (Wildman–Crippen MR) is 50.8 cm³/mol. The summed E-state index contributed by atoms with van der Waals surface area (Å²) >= 11 is 0. The van der Waals surface area contributed by atoms with E-state index in [-0.39, 0.29) is 12.6 Å². The molecule has 0 aromatic carbocycles. The molecule has 14 heavy (non-hydrogen) atoms. The molecule has 1 aliphatic heterocycles. The minimum atomic E-state index is -1.11. The number of carbonyl (C=O) groups excluding carboxylic acids is 1. The molecule has 1 saturated heterocycles. The molecular formula is C10H18O4. The fourth-order valence-corrected chi connectivity index (χ4v) is 1.88. The number of ether oxygens (including phenoxy) is 2. The third-order valence-corrected chi connectivity index (χ3v) is 2.99. The highest BCUT2D eigenvalue weighted by Gasteiger charge is 2.52. The number of hydrogen-bond acceptors (Lipinski definition) is 4. The second kappa shape index (κ2) is 3.87. The Labute approximate surface area is 84.2 Å². The average molecular weight is 202 g/mol. The summed E-state index contributed by atoms with van der Waals surface area (Å²) in [7, 11) is 1.34. The van der Waals surface area contributed by atoms with Crippen molar-refractivity contribution in [2.45, 2.75) is 32.3 Å². The third kappa shape index (κ3) is 1.77. The lowest BCUT2D eigenvalue weighted by molar-refractivity contribution is -0.186. The molecule has 0 amide bonds. The molecule has 1 rings (SSSR count). The predicted octanol–water partition coefficient (Wildman–Crippen LogP) is 0.727. The largest absolute Gasteiger partial charge is 0.468 e. The molecule has 82 valence electrons. The van der Waals surface area contributed by atoms with Crippen LogP contribution in [0.1, 0.15) is 26.7 Å². The highest BCUT2D eigenvalue weighted by atomic mass is 16.5. The van der Waals surface area contributed by atoms with Crippen LogP contribution in [0, 0.1) is 5.41 Å². The van der Waals surface area contributed by atoms with Gasteiger partial charge in [-0.1, -0.05) is 0 Å². The number of methoxy groups -OCH3 is 1. The Balaban J connectivity index is 2.94. The van der Waals surface area contributed by atoms with E-state index in [1.165, 1.54) is 7.11 Å². The van der Waals surface area contributed by atoms with Crippen molar-refractivity contribution in [3.8, 4) is 0 Å². The molecule has 1 fully saturated rings. The van der Waals surface area contributed by atoms with Gasteiger partial charge < -0.3 is 14.6 Å². The molecular weight excluding hydrogens is 184 g/mol. The van der Waals surface area contributed by atoms with Crippen molar-refractivity contribution in [3.05, 3.63) is 0 Å². The first-order valence-corrected chi connectivity index (χ1v) is 4.82. The van der Waals surface area contributed by atoms with Crippen LogP contribution in [0.2, 0.25) is 0 Å². The van der Waals surface area contributed by atoms with Crippen LogP contribution in [0.3, 0.4) is 0 Å². The zero-order chi connectivity index (χ0) is 10.8. The van der Waals surface area contributed by atoms with Gasteiger partial charge in [0.25, 0.3) is 0 Å². The van der Waals surface area contributed by atoms with Gasteiger partial charge in [0, 0.05) is 6.61 Å². The number of aliphatic hydroxyl groups is 1. The molecule has 4 nitrogen and oxygen atoms in total. The molecule has 0 spiro atoms. The van der Waals surface area contributed by atoms with Gasteiger partial charge in [0.05, 0.1) is 19.3 Å². The molecule has 1 heterocycles. The van der Waals surface area contributed by atoms with Crippen LogP contribution in [-0.4, -0.2) is 37.0 Å². The maximum absolute atomic E-state index is 11.7. The van der Waals surface area contributed by atoms with E-state index in [1.807, 2.05) is 0 Å². The first kappa shape index (κ1) is 11.5. The summed E-state index contributed by atoms with van der Waals surface area (Å²) in [6.07, 6.45) is 1.39. The lowest BCUT2D eigenvalue weighted by Gasteiger charge is -2.42. The van der Waals surface area contributed by atoms with Gasteiger partial charge in [-0.05, 0) is 26.7 Å². The summed E-state index contributed by atoms with van der Waals surface area (Å²) in [4.78, 5) is 11.7. The van der Waals surface area contributed by atoms with Crippen molar-refractivity contribution in [2.24, 2.45) is 5.41 Å². The van der Waals surface area contributed by atoms with Crippen molar-refractivity contribution in [2.75, 3.05) is 20.3 Å². The Bertz CT molecular complexity index is 211. The van der Waals surface area contributed by atoms with Gasteiger partial charge in [-0.15, -0.1) is 0 Å². The minimum absolute atomic E-state index is 0.239. The fourth-order valence-electron chi connectivity index (χ4n) is 1.88. The van der Waals surface area contributed by atoms with Crippen LogP contribution >= 0.6 is 0 Å². The summed E-state index contributed by atoms with van der Waals surface area (Å²) in [5.74, 6) is -0.385. The Kier molecular flexibility index (Phi) is 3.17. The normalized spacial score (nSPS) is 28.6. The second-order valence-electron chi connectivity index (χ2n) is 4.29. The van der Waals surface area contributed by atoms with E-state index in [9.17, 15) is 9.90 Å². The van der Waals surface area contributed by atoms with Crippen molar-refractivity contribution >= 4 is 5.97 Å². The minimum Gasteiger partial charge on any atom is -0.468 e. The molecule has 1 N–H and O–H groups in total. The zero-order valence-corrected chi connectivity index (χ0v) is 9.00. The van der Waals surface area contributed by atoms with Crippen molar-refractivity contribution < 1.29 is 19.4 Å². The van der Waals surface area contributed by atoms with Crippen molar-refractivity contribution in [1.29, 1.82) is 0 Å². The Hall–Kier alpha value is -0.610. The molecule has 0 aromatic rings. The summed E-state index contributed by atoms with van der Waals surface area (Å²) < 4.78 is 10.0. The van der Waals surface area contributed by atoms with E-state index >= 15 is 0 Å². The van der Waals surface area contributed by atoms with Crippen LogP contribution in [-0.2, 0) is 14.3 Å². The fraction of sp³-hybridized carbons (Fsp3) is 0.900. The van der Waals surface area contributed by atoms with Crippen LogP contribution in [0.4, 0.5) is 0 Å². The Morgan fingerprint density at radius 1 is 1.57 bits per heavy atom. The lowest BCUT2D eigenvalue weighted by Crippen LogP contribution is -2.54. The summed E-state index contributed by atoms with van der Waals surface area (Å²) in [6, 6.07) is 0. The van der Waals surface area contributed by atoms with E-state index < -0.39 is 11.0 Å². The molecule has 0 aliphatic carbocycles. The summed E-state index contributed by atoms with van der Waals surface area (Å²) in [5.41, 5.74) is -2.01. The second-order valence-corrected chi connectivity index (χ2v) is 4.29. The standard InChI is InChI=1S/C10H18O4/c1-9(2,12)10(8(11)13-3)5-4-6-14-7-10/h12H,4-7H2,1-3H3. The molecule has 1 unspecified atom stereocenters.